The molecule has 0 aliphatic heterocycles. The number of hydrogen-bond donors (Lipinski definition) is 1. The minimum Gasteiger partial charge on any atom is -0.497 e. The second-order valence-electron chi connectivity index (χ2n) is 3.64. The molecular weight excluding hydrogens is 234 g/mol. The van der Waals surface area contributed by atoms with Crippen molar-refractivity contribution in [3.8, 4) is 17.2 Å². The van der Waals surface area contributed by atoms with Crippen molar-refractivity contribution in [2.75, 3.05) is 12.8 Å². The van der Waals surface area contributed by atoms with Gasteiger partial charge in [-0.3, -0.25) is 4.79 Å². The van der Waals surface area contributed by atoms with Crippen molar-refractivity contribution in [1.29, 1.82) is 0 Å². The zero-order valence-electron chi connectivity index (χ0n) is 10.1. The molecule has 0 aliphatic carbocycles. The zero-order valence-corrected chi connectivity index (χ0v) is 10.1. The van der Waals surface area contributed by atoms with Gasteiger partial charge in [-0.2, -0.15) is 5.10 Å². The topological polar surface area (TPSA) is 79.4 Å². The predicted octanol–water partition coefficient (Wildman–Crippen LogP) is 1.16. The SMILES string of the molecule is COc1ccc(Oc2cc(N)nn(C)c2=O)cc1. The molecule has 1 aromatic heterocycles. The average Bonchev–Trinajstić information content (AvgIpc) is 2.36. The number of nitrogen functional groups attached to an aromatic ring is 1. The van der Waals surface area contributed by atoms with Gasteiger partial charge in [-0.05, 0) is 24.3 Å². The number of nitrogens with zero attached hydrogens (tertiary/aromatic N) is 2. The van der Waals surface area contributed by atoms with Crippen LogP contribution in [0.25, 0.3) is 0 Å². The average molecular weight is 247 g/mol. The van der Waals surface area contributed by atoms with Gasteiger partial charge < -0.3 is 15.2 Å². The molecule has 2 aromatic rings. The lowest BCUT2D eigenvalue weighted by Gasteiger charge is -2.07. The Morgan fingerprint density at radius 2 is 1.83 bits per heavy atom. The Morgan fingerprint density at radius 3 is 2.44 bits per heavy atom. The van der Waals surface area contributed by atoms with E-state index in [1.165, 1.54) is 13.1 Å². The maximum atomic E-state index is 11.7. The number of aromatic nitrogens is 2. The van der Waals surface area contributed by atoms with E-state index in [9.17, 15) is 4.79 Å². The van der Waals surface area contributed by atoms with Crippen LogP contribution in [0.3, 0.4) is 0 Å². The van der Waals surface area contributed by atoms with Crippen molar-refractivity contribution in [2.24, 2.45) is 7.05 Å². The van der Waals surface area contributed by atoms with Crippen LogP contribution in [0.4, 0.5) is 5.82 Å². The monoisotopic (exact) mass is 247 g/mol. The van der Waals surface area contributed by atoms with E-state index in [1.54, 1.807) is 31.4 Å². The molecule has 0 amide bonds. The highest BCUT2D eigenvalue weighted by atomic mass is 16.5. The molecule has 6 heteroatoms. The van der Waals surface area contributed by atoms with Crippen molar-refractivity contribution in [3.05, 3.63) is 40.7 Å². The molecule has 18 heavy (non-hydrogen) atoms. The van der Waals surface area contributed by atoms with Gasteiger partial charge in [0.15, 0.2) is 5.75 Å². The second kappa shape index (κ2) is 4.79. The Morgan fingerprint density at radius 1 is 1.22 bits per heavy atom. The lowest BCUT2D eigenvalue weighted by atomic mass is 10.3. The van der Waals surface area contributed by atoms with E-state index >= 15 is 0 Å². The predicted molar refractivity (Wildman–Crippen MR) is 67.0 cm³/mol. The number of benzene rings is 1. The molecule has 2 rings (SSSR count). The van der Waals surface area contributed by atoms with E-state index in [2.05, 4.69) is 5.10 Å². The molecule has 0 saturated heterocycles. The van der Waals surface area contributed by atoms with Crippen molar-refractivity contribution in [1.82, 2.24) is 9.78 Å². The lowest BCUT2D eigenvalue weighted by molar-refractivity contribution is 0.412. The van der Waals surface area contributed by atoms with Gasteiger partial charge in [0.1, 0.15) is 17.3 Å². The lowest BCUT2D eigenvalue weighted by Crippen LogP contribution is -2.21. The van der Waals surface area contributed by atoms with Crippen molar-refractivity contribution < 1.29 is 9.47 Å². The molecule has 0 fully saturated rings. The van der Waals surface area contributed by atoms with Gasteiger partial charge in [-0.1, -0.05) is 0 Å². The Labute approximate surface area is 104 Å². The standard InChI is InChI=1S/C12H13N3O3/c1-15-12(16)10(7-11(13)14-15)18-9-5-3-8(17-2)4-6-9/h3-7H,1-2H3,(H2,13,14). The molecule has 0 aliphatic rings. The fourth-order valence-electron chi connectivity index (χ4n) is 1.45. The highest BCUT2D eigenvalue weighted by Gasteiger charge is 2.07. The fourth-order valence-corrected chi connectivity index (χ4v) is 1.45. The molecule has 2 N–H and O–H groups in total. The Kier molecular flexibility index (Phi) is 3.18. The Hall–Kier alpha value is -2.50. The number of aryl methyl sites for hydroxylation is 1. The number of nitrogens with two attached hydrogens (primary N) is 1. The number of anilines is 1. The molecule has 0 unspecified atom stereocenters. The van der Waals surface area contributed by atoms with Crippen LogP contribution in [-0.2, 0) is 7.05 Å². The molecule has 94 valence electrons. The third-order valence-electron chi connectivity index (χ3n) is 2.34. The minimum atomic E-state index is -0.347. The highest BCUT2D eigenvalue weighted by molar-refractivity contribution is 5.38. The van der Waals surface area contributed by atoms with Crippen molar-refractivity contribution in [2.45, 2.75) is 0 Å². The van der Waals surface area contributed by atoms with Crippen LogP contribution in [0.2, 0.25) is 0 Å². The van der Waals surface area contributed by atoms with E-state index in [1.807, 2.05) is 0 Å². The minimum absolute atomic E-state index is 0.134. The molecule has 0 spiro atoms. The normalized spacial score (nSPS) is 10.1. The summed E-state index contributed by atoms with van der Waals surface area (Å²) in [5, 5.41) is 3.78. The summed E-state index contributed by atoms with van der Waals surface area (Å²) >= 11 is 0. The van der Waals surface area contributed by atoms with Crippen LogP contribution in [-0.4, -0.2) is 16.9 Å². The first-order valence-corrected chi connectivity index (χ1v) is 5.26. The molecular formula is C12H13N3O3. The van der Waals surface area contributed by atoms with Crippen molar-refractivity contribution >= 4 is 5.82 Å². The summed E-state index contributed by atoms with van der Waals surface area (Å²) in [6, 6.07) is 8.28. The summed E-state index contributed by atoms with van der Waals surface area (Å²) in [6.45, 7) is 0. The van der Waals surface area contributed by atoms with Gasteiger partial charge in [0.2, 0.25) is 0 Å². The fraction of sp³-hybridized carbons (Fsp3) is 0.167. The number of ether oxygens (including phenoxy) is 2. The van der Waals surface area contributed by atoms with Gasteiger partial charge in [-0.25, -0.2) is 4.68 Å². The van der Waals surface area contributed by atoms with E-state index in [0.29, 0.717) is 11.5 Å². The molecule has 0 saturated carbocycles. The Bertz CT molecular complexity index is 605. The smallest absolute Gasteiger partial charge is 0.309 e. The van der Waals surface area contributed by atoms with Gasteiger partial charge in [-0.15, -0.1) is 0 Å². The van der Waals surface area contributed by atoms with Crippen LogP contribution in [0.15, 0.2) is 35.1 Å². The summed E-state index contributed by atoms with van der Waals surface area (Å²) in [7, 11) is 3.09. The quantitative estimate of drug-likeness (QED) is 0.880. The molecule has 0 radical (unpaired) electrons. The first-order chi connectivity index (χ1) is 8.60. The number of methoxy groups -OCH3 is 1. The summed E-state index contributed by atoms with van der Waals surface area (Å²) < 4.78 is 11.6. The van der Waals surface area contributed by atoms with Gasteiger partial charge in [0.05, 0.1) is 7.11 Å². The van der Waals surface area contributed by atoms with Gasteiger partial charge in [0.25, 0.3) is 0 Å². The third kappa shape index (κ3) is 2.42. The first kappa shape index (κ1) is 12.0. The van der Waals surface area contributed by atoms with Crippen LogP contribution >= 0.6 is 0 Å². The second-order valence-corrected chi connectivity index (χ2v) is 3.64. The van der Waals surface area contributed by atoms with E-state index in [4.69, 9.17) is 15.2 Å². The highest BCUT2D eigenvalue weighted by Crippen LogP contribution is 2.21. The summed E-state index contributed by atoms with van der Waals surface area (Å²) in [6.07, 6.45) is 0. The van der Waals surface area contributed by atoms with Crippen LogP contribution < -0.4 is 20.8 Å². The maximum Gasteiger partial charge on any atom is 0.309 e. The van der Waals surface area contributed by atoms with Gasteiger partial charge in [0, 0.05) is 13.1 Å². The zero-order chi connectivity index (χ0) is 13.1. The van der Waals surface area contributed by atoms with Crippen molar-refractivity contribution in [3.63, 3.8) is 0 Å². The molecule has 0 bridgehead atoms. The van der Waals surface area contributed by atoms with E-state index in [-0.39, 0.29) is 17.1 Å². The molecule has 1 aromatic carbocycles. The third-order valence-corrected chi connectivity index (χ3v) is 2.34. The van der Waals surface area contributed by atoms with Crippen LogP contribution in [0, 0.1) is 0 Å². The van der Waals surface area contributed by atoms with Gasteiger partial charge >= 0.3 is 5.56 Å². The molecule has 6 nitrogen and oxygen atoms in total. The van der Waals surface area contributed by atoms with Crippen LogP contribution in [0.5, 0.6) is 17.2 Å². The number of hydrogen-bond acceptors (Lipinski definition) is 5. The largest absolute Gasteiger partial charge is 0.497 e. The summed E-state index contributed by atoms with van der Waals surface area (Å²) in [5.74, 6) is 1.60. The van der Waals surface area contributed by atoms with E-state index < -0.39 is 0 Å². The number of rotatable bonds is 3. The summed E-state index contributed by atoms with van der Waals surface area (Å²) in [4.78, 5) is 11.7. The van der Waals surface area contributed by atoms with Crippen LogP contribution in [0.1, 0.15) is 0 Å². The molecule has 0 atom stereocenters. The first-order valence-electron chi connectivity index (χ1n) is 5.26. The Balaban J connectivity index is 2.31. The maximum absolute atomic E-state index is 11.7. The summed E-state index contributed by atoms with van der Waals surface area (Å²) in [5.41, 5.74) is 5.21. The van der Waals surface area contributed by atoms with E-state index in [0.717, 1.165) is 4.68 Å². The molecule has 1 heterocycles.